The van der Waals surface area contributed by atoms with Gasteiger partial charge in [0.2, 0.25) is 9.14 Å². The fraction of sp³-hybridized carbons (Fsp3) is 0.625. The summed E-state index contributed by atoms with van der Waals surface area (Å²) in [5.41, 5.74) is 0.954. The van der Waals surface area contributed by atoms with Crippen molar-refractivity contribution in [2.75, 3.05) is 0 Å². The highest BCUT2D eigenvalue weighted by Gasteiger charge is 2.20. The Morgan fingerprint density at radius 3 is 2.59 bits per heavy atom. The van der Waals surface area contributed by atoms with Gasteiger partial charge in [-0.1, -0.05) is 13.6 Å². The van der Waals surface area contributed by atoms with Gasteiger partial charge in [0.1, 0.15) is 0 Å². The SMILES string of the molecule is CB(I)CCn1nc([N+](=O)[O-])cc1CB(C)I. The van der Waals surface area contributed by atoms with Gasteiger partial charge in [-0.25, -0.2) is 0 Å². The van der Waals surface area contributed by atoms with E-state index in [4.69, 9.17) is 0 Å². The standard InChI is InChI=1S/C8H13B2I2N3O2/c1-9(11)3-4-14-7(6-10(2)12)5-8(13-14)15(16)17/h5H,3-4,6H2,1-2H3. The second-order valence-corrected chi connectivity index (χ2v) is 8.28. The van der Waals surface area contributed by atoms with Crippen LogP contribution < -0.4 is 0 Å². The van der Waals surface area contributed by atoms with E-state index in [9.17, 15) is 10.1 Å². The maximum Gasteiger partial charge on any atom is 0.390 e. The third-order valence-electron chi connectivity index (χ3n) is 2.27. The molecule has 0 spiro atoms. The molecule has 0 saturated carbocycles. The third-order valence-corrected chi connectivity index (χ3v) is 3.33. The van der Waals surface area contributed by atoms with E-state index in [0.717, 1.165) is 24.9 Å². The summed E-state index contributed by atoms with van der Waals surface area (Å²) < 4.78 is 2.77. The maximum atomic E-state index is 10.7. The maximum absolute atomic E-state index is 10.7. The Hall–Kier alpha value is 0.200. The summed E-state index contributed by atoms with van der Waals surface area (Å²) in [6.07, 6.45) is 1.79. The smallest absolute Gasteiger partial charge is 0.358 e. The molecule has 0 radical (unpaired) electrons. The van der Waals surface area contributed by atoms with Gasteiger partial charge in [0.15, 0.2) is 0 Å². The molecule has 17 heavy (non-hydrogen) atoms. The lowest BCUT2D eigenvalue weighted by atomic mass is 9.76. The Bertz CT molecular complexity index is 398. The van der Waals surface area contributed by atoms with Gasteiger partial charge in [-0.2, -0.15) is 27.1 Å². The van der Waals surface area contributed by atoms with Crippen molar-refractivity contribution < 1.29 is 4.92 Å². The van der Waals surface area contributed by atoms with Gasteiger partial charge in [0, 0.05) is 0 Å². The van der Waals surface area contributed by atoms with E-state index in [1.165, 1.54) is 0 Å². The van der Waals surface area contributed by atoms with Crippen molar-refractivity contribution in [1.29, 1.82) is 0 Å². The fourth-order valence-electron chi connectivity index (χ4n) is 1.48. The van der Waals surface area contributed by atoms with Crippen molar-refractivity contribution in [3.8, 4) is 0 Å². The average Bonchev–Trinajstić information content (AvgIpc) is 2.57. The summed E-state index contributed by atoms with van der Waals surface area (Å²) in [5, 5.41) is 14.8. The highest BCUT2D eigenvalue weighted by atomic mass is 127. The van der Waals surface area contributed by atoms with Crippen LogP contribution in [0, 0.1) is 10.1 Å². The van der Waals surface area contributed by atoms with Crippen LogP contribution >= 0.6 is 44.7 Å². The Morgan fingerprint density at radius 2 is 2.12 bits per heavy atom. The zero-order valence-corrected chi connectivity index (χ0v) is 14.1. The number of nitrogens with zero attached hydrogens (tertiary/aromatic N) is 3. The highest BCUT2D eigenvalue weighted by Crippen LogP contribution is 2.16. The first-order valence-corrected chi connectivity index (χ1v) is 7.88. The molecule has 0 N–H and O–H groups in total. The molecule has 0 atom stereocenters. The molecule has 0 aliphatic heterocycles. The number of hydrogen-bond acceptors (Lipinski definition) is 3. The molecule has 0 unspecified atom stereocenters. The summed E-state index contributed by atoms with van der Waals surface area (Å²) in [7, 11) is 0. The molecule has 0 bridgehead atoms. The van der Waals surface area contributed by atoms with E-state index in [-0.39, 0.29) is 5.82 Å². The fourth-order valence-corrected chi connectivity index (χ4v) is 2.21. The summed E-state index contributed by atoms with van der Waals surface area (Å²) in [5.74, 6) is -0.0434. The Balaban J connectivity index is 2.87. The molecule has 1 heterocycles. The van der Waals surface area contributed by atoms with Crippen LogP contribution in [0.5, 0.6) is 0 Å². The second-order valence-electron chi connectivity index (χ2n) is 4.03. The normalized spacial score (nSPS) is 10.4. The first-order chi connectivity index (χ1) is 7.90. The first kappa shape index (κ1) is 15.3. The van der Waals surface area contributed by atoms with Crippen LogP contribution in [0.3, 0.4) is 0 Å². The largest absolute Gasteiger partial charge is 0.390 e. The summed E-state index contributed by atoms with van der Waals surface area (Å²) in [4.78, 5) is 10.3. The van der Waals surface area contributed by atoms with E-state index >= 15 is 0 Å². The lowest BCUT2D eigenvalue weighted by Crippen LogP contribution is -2.12. The molecule has 0 fully saturated rings. The molecule has 9 heteroatoms. The third kappa shape index (κ3) is 5.14. The summed E-state index contributed by atoms with van der Waals surface area (Å²) >= 11 is 4.67. The predicted octanol–water partition coefficient (Wildman–Crippen LogP) is 2.99. The minimum atomic E-state index is -0.425. The second kappa shape index (κ2) is 6.95. The molecule has 0 saturated heterocycles. The van der Waals surface area contributed by atoms with Crippen LogP contribution in [0.15, 0.2) is 6.07 Å². The zero-order valence-electron chi connectivity index (χ0n) is 9.77. The number of rotatable bonds is 6. The predicted molar refractivity (Wildman–Crippen MR) is 88.7 cm³/mol. The molecule has 0 amide bonds. The summed E-state index contributed by atoms with van der Waals surface area (Å²) in [6.45, 7) is 4.96. The monoisotopic (exact) mass is 459 g/mol. The molecule has 92 valence electrons. The van der Waals surface area contributed by atoms with Crippen molar-refractivity contribution >= 4 is 59.7 Å². The number of hydrogen-bond donors (Lipinski definition) is 0. The van der Waals surface area contributed by atoms with Gasteiger partial charge in [0.05, 0.1) is 23.4 Å². The van der Waals surface area contributed by atoms with Crippen molar-refractivity contribution in [2.24, 2.45) is 0 Å². The number of aromatic nitrogens is 2. The minimum absolute atomic E-state index is 0.0434. The van der Waals surface area contributed by atoms with Gasteiger partial charge < -0.3 is 10.1 Å². The molecule has 1 aromatic heterocycles. The topological polar surface area (TPSA) is 61.0 Å². The van der Waals surface area contributed by atoms with Crippen LogP contribution in [-0.4, -0.2) is 23.8 Å². The average molecular weight is 459 g/mol. The van der Waals surface area contributed by atoms with E-state index in [0.29, 0.717) is 9.14 Å². The summed E-state index contributed by atoms with van der Waals surface area (Å²) in [6, 6.07) is 1.59. The van der Waals surface area contributed by atoms with Gasteiger partial charge >= 0.3 is 5.82 Å². The molecule has 0 aliphatic rings. The lowest BCUT2D eigenvalue weighted by molar-refractivity contribution is -0.389. The van der Waals surface area contributed by atoms with Gasteiger partial charge in [-0.15, -0.1) is 22.4 Å². The number of aryl methyl sites for hydroxylation is 1. The van der Waals surface area contributed by atoms with E-state index in [1.54, 1.807) is 10.7 Å². The Kier molecular flexibility index (Phi) is 6.24. The molecule has 1 aromatic rings. The van der Waals surface area contributed by atoms with Crippen LogP contribution in [0.1, 0.15) is 5.69 Å². The van der Waals surface area contributed by atoms with E-state index < -0.39 is 4.92 Å². The van der Waals surface area contributed by atoms with Crippen LogP contribution in [-0.2, 0) is 12.9 Å². The van der Waals surface area contributed by atoms with Crippen molar-refractivity contribution in [1.82, 2.24) is 9.78 Å². The molecule has 5 nitrogen and oxygen atoms in total. The van der Waals surface area contributed by atoms with Gasteiger partial charge in [0.25, 0.3) is 0 Å². The van der Waals surface area contributed by atoms with Gasteiger partial charge in [-0.05, 0) is 17.6 Å². The van der Waals surface area contributed by atoms with Crippen LogP contribution in [0.4, 0.5) is 5.82 Å². The van der Waals surface area contributed by atoms with E-state index in [1.807, 2.05) is 0 Å². The first-order valence-electron chi connectivity index (χ1n) is 5.39. The molecule has 0 aromatic carbocycles. The van der Waals surface area contributed by atoms with Crippen molar-refractivity contribution in [3.05, 3.63) is 21.9 Å². The molecule has 1 rings (SSSR count). The van der Waals surface area contributed by atoms with Crippen LogP contribution in [0.2, 0.25) is 20.0 Å². The number of nitro groups is 1. The van der Waals surface area contributed by atoms with Crippen molar-refractivity contribution in [2.45, 2.75) is 32.8 Å². The molecular weight excluding hydrogens is 446 g/mol. The molecular formula is C8H13B2I2N3O2. The zero-order chi connectivity index (χ0) is 13.0. The Labute approximate surface area is 128 Å². The van der Waals surface area contributed by atoms with Crippen molar-refractivity contribution in [3.63, 3.8) is 0 Å². The highest BCUT2D eigenvalue weighted by molar-refractivity contribution is 14.1. The van der Waals surface area contributed by atoms with Gasteiger partial charge in [-0.3, -0.25) is 0 Å². The molecule has 0 aliphatic carbocycles. The lowest BCUT2D eigenvalue weighted by Gasteiger charge is -2.03. The minimum Gasteiger partial charge on any atom is -0.358 e. The van der Waals surface area contributed by atoms with Crippen LogP contribution in [0.25, 0.3) is 0 Å². The Morgan fingerprint density at radius 1 is 1.47 bits per heavy atom. The van der Waals surface area contributed by atoms with E-state index in [2.05, 4.69) is 63.5 Å². The number of halogens is 2. The quantitative estimate of drug-likeness (QED) is 0.285.